The third-order valence-electron chi connectivity index (χ3n) is 4.87. The van der Waals surface area contributed by atoms with E-state index < -0.39 is 0 Å². The zero-order valence-electron chi connectivity index (χ0n) is 15.2. The number of nitrogens with zero attached hydrogens (tertiary/aromatic N) is 4. The van der Waals surface area contributed by atoms with E-state index in [2.05, 4.69) is 34.6 Å². The summed E-state index contributed by atoms with van der Waals surface area (Å²) in [6.07, 6.45) is 4.06. The number of hydrogen-bond donors (Lipinski definition) is 0. The number of imidazole rings is 1. The number of amides is 1. The summed E-state index contributed by atoms with van der Waals surface area (Å²) in [5.41, 5.74) is 2.30. The summed E-state index contributed by atoms with van der Waals surface area (Å²) >= 11 is 7.18. The first-order chi connectivity index (χ1) is 13.1. The monoisotopic (exact) mass is 398 g/mol. The van der Waals surface area contributed by atoms with Crippen molar-refractivity contribution in [3.63, 3.8) is 0 Å². The molecule has 1 aliphatic rings. The van der Waals surface area contributed by atoms with Crippen LogP contribution in [0.25, 0.3) is 5.69 Å². The molecule has 7 heteroatoms. The molecular weight excluding hydrogens is 376 g/mol. The second-order valence-corrected chi connectivity index (χ2v) is 8.10. The summed E-state index contributed by atoms with van der Waals surface area (Å²) in [6.45, 7) is 6.05. The van der Waals surface area contributed by atoms with Crippen LogP contribution in [0.15, 0.2) is 54.2 Å². The molecule has 0 N–H and O–H groups in total. The Morgan fingerprint density at radius 1 is 1.11 bits per heavy atom. The van der Waals surface area contributed by atoms with Crippen molar-refractivity contribution in [1.29, 1.82) is 0 Å². The van der Waals surface area contributed by atoms with E-state index in [0.29, 0.717) is 0 Å². The van der Waals surface area contributed by atoms with Gasteiger partial charge in [-0.3, -0.25) is 14.3 Å². The maximum absolute atomic E-state index is 12.5. The van der Waals surface area contributed by atoms with Crippen LogP contribution in [-0.4, -0.2) is 51.0 Å². The number of carbonyl (C=O) groups excluding carboxylic acids is 1. The highest BCUT2D eigenvalue weighted by Gasteiger charge is 2.22. The van der Waals surface area contributed by atoms with Gasteiger partial charge in [-0.2, -0.15) is 0 Å². The van der Waals surface area contributed by atoms with Gasteiger partial charge in [-0.25, -0.2) is 0 Å². The van der Waals surface area contributed by atoms with E-state index in [1.54, 1.807) is 0 Å². The molecule has 3 aromatic rings. The van der Waals surface area contributed by atoms with Crippen molar-refractivity contribution in [3.8, 4) is 5.69 Å². The van der Waals surface area contributed by atoms with Gasteiger partial charge in [0.1, 0.15) is 0 Å². The van der Waals surface area contributed by atoms with Crippen molar-refractivity contribution in [3.05, 3.63) is 69.4 Å². The normalized spacial score (nSPS) is 15.2. The lowest BCUT2D eigenvalue weighted by Crippen LogP contribution is -2.48. The predicted octanol–water partition coefficient (Wildman–Crippen LogP) is 3.79. The van der Waals surface area contributed by atoms with Gasteiger partial charge < -0.3 is 9.47 Å². The first-order valence-corrected chi connectivity index (χ1v) is 10.3. The van der Waals surface area contributed by atoms with Crippen LogP contribution in [0.2, 0.25) is 0 Å². The molecule has 1 fully saturated rings. The van der Waals surface area contributed by atoms with E-state index in [4.69, 9.17) is 12.2 Å². The van der Waals surface area contributed by atoms with Crippen molar-refractivity contribution in [2.24, 2.45) is 0 Å². The van der Waals surface area contributed by atoms with Gasteiger partial charge >= 0.3 is 0 Å². The zero-order chi connectivity index (χ0) is 18.8. The molecule has 1 saturated heterocycles. The van der Waals surface area contributed by atoms with E-state index in [-0.39, 0.29) is 5.91 Å². The van der Waals surface area contributed by atoms with Gasteiger partial charge in [0.25, 0.3) is 5.91 Å². The van der Waals surface area contributed by atoms with Crippen molar-refractivity contribution in [2.75, 3.05) is 26.2 Å². The maximum Gasteiger partial charge on any atom is 0.264 e. The Kier molecular flexibility index (Phi) is 5.24. The van der Waals surface area contributed by atoms with Gasteiger partial charge in [-0.15, -0.1) is 11.3 Å². The summed E-state index contributed by atoms with van der Waals surface area (Å²) in [6, 6.07) is 12.2. The Morgan fingerprint density at radius 2 is 1.93 bits per heavy atom. The summed E-state index contributed by atoms with van der Waals surface area (Å²) in [4.78, 5) is 17.6. The van der Waals surface area contributed by atoms with E-state index in [1.807, 2.05) is 45.4 Å². The molecule has 4 rings (SSSR count). The van der Waals surface area contributed by atoms with Crippen LogP contribution in [0.3, 0.4) is 0 Å². The van der Waals surface area contributed by atoms with Crippen molar-refractivity contribution in [2.45, 2.75) is 13.6 Å². The molecule has 1 amide bonds. The third kappa shape index (κ3) is 3.90. The molecule has 27 heavy (non-hydrogen) atoms. The number of hydrogen-bond acceptors (Lipinski definition) is 4. The van der Waals surface area contributed by atoms with Crippen LogP contribution in [0, 0.1) is 11.7 Å². The lowest BCUT2D eigenvalue weighted by molar-refractivity contribution is 0.0598. The van der Waals surface area contributed by atoms with Crippen molar-refractivity contribution < 1.29 is 4.79 Å². The molecule has 1 aliphatic heterocycles. The van der Waals surface area contributed by atoms with Crippen molar-refractivity contribution >= 4 is 29.5 Å². The van der Waals surface area contributed by atoms with Crippen LogP contribution in [0.5, 0.6) is 0 Å². The van der Waals surface area contributed by atoms with Gasteiger partial charge in [-0.1, -0.05) is 18.2 Å². The Balaban J connectivity index is 1.40. The Labute approximate surface area is 168 Å². The lowest BCUT2D eigenvalue weighted by atomic mass is 10.2. The standard InChI is InChI=1S/C20H22N4OS2/c1-16-4-2-5-17(14-16)24-12-11-23(20(24)26)15-21-7-9-22(10-8-21)19(25)18-6-3-13-27-18/h2-6,11-14H,7-10,15H2,1H3. The zero-order valence-corrected chi connectivity index (χ0v) is 16.9. The molecule has 2 aromatic heterocycles. The first kappa shape index (κ1) is 18.2. The molecule has 140 valence electrons. The molecule has 3 heterocycles. The van der Waals surface area contributed by atoms with Gasteiger partial charge in [-0.05, 0) is 48.3 Å². The first-order valence-electron chi connectivity index (χ1n) is 9.02. The Bertz CT molecular complexity index is 982. The molecule has 0 atom stereocenters. The molecule has 0 spiro atoms. The highest BCUT2D eigenvalue weighted by atomic mass is 32.1. The molecule has 0 radical (unpaired) electrons. The molecular formula is C20H22N4OS2. The average molecular weight is 399 g/mol. The van der Waals surface area contributed by atoms with Gasteiger partial charge in [0, 0.05) is 44.3 Å². The molecule has 0 unspecified atom stereocenters. The lowest BCUT2D eigenvalue weighted by Gasteiger charge is -2.34. The smallest absolute Gasteiger partial charge is 0.264 e. The molecule has 1 aromatic carbocycles. The third-order valence-corrected chi connectivity index (χ3v) is 6.16. The van der Waals surface area contributed by atoms with Gasteiger partial charge in [0.05, 0.1) is 11.5 Å². The summed E-state index contributed by atoms with van der Waals surface area (Å²) < 4.78 is 4.92. The minimum absolute atomic E-state index is 0.145. The highest BCUT2D eigenvalue weighted by molar-refractivity contribution is 7.71. The number of piperazine rings is 1. The summed E-state index contributed by atoms with van der Waals surface area (Å²) in [7, 11) is 0. The number of carbonyl (C=O) groups is 1. The van der Waals surface area contributed by atoms with E-state index >= 15 is 0 Å². The Morgan fingerprint density at radius 3 is 2.63 bits per heavy atom. The van der Waals surface area contributed by atoms with Crippen LogP contribution in [-0.2, 0) is 6.67 Å². The molecule has 0 bridgehead atoms. The van der Waals surface area contributed by atoms with Crippen LogP contribution in [0.4, 0.5) is 0 Å². The van der Waals surface area contributed by atoms with Gasteiger partial charge in [0.2, 0.25) is 0 Å². The predicted molar refractivity (Wildman–Crippen MR) is 111 cm³/mol. The van der Waals surface area contributed by atoms with Gasteiger partial charge in [0.15, 0.2) is 4.77 Å². The summed E-state index contributed by atoms with van der Waals surface area (Å²) in [5, 5.41) is 1.95. The fraction of sp³-hybridized carbons (Fsp3) is 0.300. The van der Waals surface area contributed by atoms with E-state index in [0.717, 1.165) is 48.2 Å². The van der Waals surface area contributed by atoms with Crippen LogP contribution < -0.4 is 0 Å². The van der Waals surface area contributed by atoms with E-state index in [1.165, 1.54) is 16.9 Å². The highest BCUT2D eigenvalue weighted by Crippen LogP contribution is 2.15. The Hall–Kier alpha value is -2.22. The topological polar surface area (TPSA) is 33.4 Å². The van der Waals surface area contributed by atoms with Crippen LogP contribution >= 0.6 is 23.6 Å². The number of rotatable bonds is 4. The fourth-order valence-electron chi connectivity index (χ4n) is 3.36. The average Bonchev–Trinajstić information content (AvgIpc) is 3.33. The minimum atomic E-state index is 0.145. The number of aromatic nitrogens is 2. The quantitative estimate of drug-likeness (QED) is 0.627. The minimum Gasteiger partial charge on any atom is -0.335 e. The van der Waals surface area contributed by atoms with Crippen molar-refractivity contribution in [1.82, 2.24) is 18.9 Å². The molecule has 0 aliphatic carbocycles. The number of benzene rings is 1. The number of thiophene rings is 1. The van der Waals surface area contributed by atoms with Crippen LogP contribution in [0.1, 0.15) is 15.2 Å². The fourth-order valence-corrected chi connectivity index (χ4v) is 4.33. The second-order valence-electron chi connectivity index (χ2n) is 6.79. The van der Waals surface area contributed by atoms with E-state index in [9.17, 15) is 4.79 Å². The second kappa shape index (κ2) is 7.80. The largest absolute Gasteiger partial charge is 0.335 e. The maximum atomic E-state index is 12.5. The molecule has 0 saturated carbocycles. The SMILES string of the molecule is Cc1cccc(-n2ccn(CN3CCN(C(=O)c4cccs4)CC3)c2=S)c1. The molecule has 5 nitrogen and oxygen atoms in total. The number of aryl methyl sites for hydroxylation is 1. The summed E-state index contributed by atoms with van der Waals surface area (Å²) in [5.74, 6) is 0.145.